The minimum Gasteiger partial charge on any atom is -0.462 e. The Kier molecular flexibility index (Phi) is 6.01. The van der Waals surface area contributed by atoms with Crippen LogP contribution in [0.3, 0.4) is 0 Å². The smallest absolute Gasteiger partial charge is 0.344 e. The first-order valence-corrected chi connectivity index (χ1v) is 10.4. The summed E-state index contributed by atoms with van der Waals surface area (Å²) in [4.78, 5) is 18.1. The Morgan fingerprint density at radius 2 is 2.08 bits per heavy atom. The number of hydrogen-bond donors (Lipinski definition) is 2. The van der Waals surface area contributed by atoms with Gasteiger partial charge in [0.15, 0.2) is 0 Å². The third-order valence-corrected chi connectivity index (χ3v) is 5.23. The maximum atomic E-state index is 12.4. The number of rotatable bonds is 3. The Hall–Kier alpha value is -1.43. The molecule has 0 aromatic heterocycles. The quantitative estimate of drug-likeness (QED) is 0.212. The number of sulfone groups is 1. The highest BCUT2D eigenvalue weighted by atomic mass is 127. The molecule has 0 spiro atoms. The molecule has 10 heteroatoms. The summed E-state index contributed by atoms with van der Waals surface area (Å²) < 4.78 is 29.1. The molecule has 0 aromatic carbocycles. The van der Waals surface area contributed by atoms with E-state index in [-0.39, 0.29) is 28.9 Å². The molecule has 0 bridgehead atoms. The van der Waals surface area contributed by atoms with Crippen molar-refractivity contribution < 1.29 is 17.9 Å². The van der Waals surface area contributed by atoms with Crippen molar-refractivity contribution in [1.82, 2.24) is 10.2 Å². The maximum Gasteiger partial charge on any atom is 0.344 e. The average Bonchev–Trinajstić information content (AvgIpc) is 3.02. The number of carbonyl (C=O) groups excluding carboxylic acids is 1. The number of ether oxygens (including phenoxy) is 1. The fourth-order valence-corrected chi connectivity index (χ4v) is 3.44. The van der Waals surface area contributed by atoms with E-state index in [1.54, 1.807) is 11.8 Å². The van der Waals surface area contributed by atoms with Crippen LogP contribution in [0.25, 0.3) is 0 Å². The summed E-state index contributed by atoms with van der Waals surface area (Å²) in [5.41, 5.74) is 0.261. The van der Waals surface area contributed by atoms with Gasteiger partial charge in [-0.15, -0.1) is 0 Å². The lowest BCUT2D eigenvalue weighted by molar-refractivity contribution is -0.138. The van der Waals surface area contributed by atoms with Crippen LogP contribution in [-0.4, -0.2) is 56.2 Å². The molecule has 2 heterocycles. The largest absolute Gasteiger partial charge is 0.462 e. The van der Waals surface area contributed by atoms with Crippen molar-refractivity contribution in [3.05, 3.63) is 21.0 Å². The Labute approximate surface area is 154 Å². The Morgan fingerprint density at radius 1 is 1.46 bits per heavy atom. The molecule has 2 aliphatic rings. The third kappa shape index (κ3) is 4.15. The van der Waals surface area contributed by atoms with E-state index in [0.717, 1.165) is 19.1 Å². The molecular formula is C14H19IN4O4S. The van der Waals surface area contributed by atoms with Gasteiger partial charge in [-0.2, -0.15) is 0 Å². The minimum atomic E-state index is -3.58. The van der Waals surface area contributed by atoms with E-state index >= 15 is 0 Å². The lowest BCUT2D eigenvalue weighted by Gasteiger charge is -2.24. The summed E-state index contributed by atoms with van der Waals surface area (Å²) in [7, 11) is -3.58. The van der Waals surface area contributed by atoms with Gasteiger partial charge in [0.25, 0.3) is 0 Å². The van der Waals surface area contributed by atoms with Crippen molar-refractivity contribution in [3.63, 3.8) is 0 Å². The van der Waals surface area contributed by atoms with Gasteiger partial charge in [-0.25, -0.2) is 18.2 Å². The number of amidine groups is 2. The Balaban J connectivity index is 2.50. The molecule has 0 amide bonds. The summed E-state index contributed by atoms with van der Waals surface area (Å²) in [6.07, 6.45) is 4.28. The molecule has 2 aliphatic heterocycles. The number of carbonyl (C=O) groups is 1. The van der Waals surface area contributed by atoms with Crippen LogP contribution in [0.15, 0.2) is 26.0 Å². The summed E-state index contributed by atoms with van der Waals surface area (Å²) in [6, 6.07) is 0. The van der Waals surface area contributed by atoms with Crippen molar-refractivity contribution in [1.29, 1.82) is 5.41 Å². The molecule has 0 unspecified atom stereocenters. The van der Waals surface area contributed by atoms with Gasteiger partial charge in [0, 0.05) is 25.5 Å². The zero-order valence-electron chi connectivity index (χ0n) is 13.4. The number of halogens is 1. The number of esters is 1. The van der Waals surface area contributed by atoms with E-state index in [0.29, 0.717) is 16.7 Å². The van der Waals surface area contributed by atoms with Crippen LogP contribution in [-0.2, 0) is 19.4 Å². The highest BCUT2D eigenvalue weighted by Gasteiger charge is 2.31. The second-order valence-corrected chi connectivity index (χ2v) is 8.41. The average molecular weight is 466 g/mol. The van der Waals surface area contributed by atoms with Crippen molar-refractivity contribution in [2.45, 2.75) is 19.8 Å². The Morgan fingerprint density at radius 3 is 2.62 bits per heavy atom. The first-order chi connectivity index (χ1) is 11.3. The van der Waals surface area contributed by atoms with E-state index < -0.39 is 15.8 Å². The SMILES string of the molecule is CCOC(=O)/C(C(=N)N1CCCC1)=C1\NC(S(C)(=O)=O)=NC=C1I. The molecule has 0 radical (unpaired) electrons. The van der Waals surface area contributed by atoms with Crippen molar-refractivity contribution in [3.8, 4) is 0 Å². The molecule has 0 atom stereocenters. The predicted molar refractivity (Wildman–Crippen MR) is 99.7 cm³/mol. The first-order valence-electron chi connectivity index (χ1n) is 7.42. The zero-order chi connectivity index (χ0) is 17.9. The number of nitrogens with zero attached hydrogens (tertiary/aromatic N) is 2. The van der Waals surface area contributed by atoms with Crippen molar-refractivity contribution in [2.75, 3.05) is 26.0 Å². The summed E-state index contributed by atoms with van der Waals surface area (Å²) >= 11 is 1.95. The number of aliphatic imine (C=N–C) groups is 1. The first kappa shape index (κ1) is 18.9. The van der Waals surface area contributed by atoms with Gasteiger partial charge in [0.1, 0.15) is 11.4 Å². The monoisotopic (exact) mass is 466 g/mol. The Bertz CT molecular complexity index is 749. The number of hydrogen-bond acceptors (Lipinski definition) is 7. The molecule has 0 aromatic rings. The number of likely N-dealkylation sites (tertiary alicyclic amines) is 1. The normalized spacial score (nSPS) is 20.0. The maximum absolute atomic E-state index is 12.4. The standard InChI is InChI=1S/C14H19IN4O4S/c1-3-23-13(20)10(12(16)19-6-4-5-7-19)11-9(15)8-17-14(18-11)24(2,21)22/h8,16H,3-7H2,1-2H3,(H,17,18)/b11-10-,16-12?. The summed E-state index contributed by atoms with van der Waals surface area (Å²) in [5, 5.41) is 10.8. The molecule has 2 rings (SSSR count). The van der Waals surface area contributed by atoms with Gasteiger partial charge >= 0.3 is 5.97 Å². The lowest BCUT2D eigenvalue weighted by atomic mass is 10.1. The van der Waals surface area contributed by atoms with Gasteiger partial charge in [-0.3, -0.25) is 5.41 Å². The van der Waals surface area contributed by atoms with Crippen molar-refractivity contribution >= 4 is 49.4 Å². The summed E-state index contributed by atoms with van der Waals surface area (Å²) in [5.74, 6) is -0.625. The topological polar surface area (TPSA) is 112 Å². The molecule has 2 N–H and O–H groups in total. The van der Waals surface area contributed by atoms with E-state index in [2.05, 4.69) is 10.3 Å². The highest BCUT2D eigenvalue weighted by molar-refractivity contribution is 14.1. The van der Waals surface area contributed by atoms with Crippen molar-refractivity contribution in [2.24, 2.45) is 4.99 Å². The van der Waals surface area contributed by atoms with Gasteiger partial charge in [0.05, 0.1) is 15.9 Å². The second kappa shape index (κ2) is 7.64. The molecule has 8 nitrogen and oxygen atoms in total. The zero-order valence-corrected chi connectivity index (χ0v) is 16.4. The van der Waals surface area contributed by atoms with Gasteiger partial charge in [-0.05, 0) is 42.4 Å². The van der Waals surface area contributed by atoms with Crippen LogP contribution in [0.1, 0.15) is 19.8 Å². The van der Waals surface area contributed by atoms with Crippen LogP contribution < -0.4 is 5.32 Å². The number of allylic oxidation sites excluding steroid dienone is 1. The van der Waals surface area contributed by atoms with Crippen LogP contribution >= 0.6 is 22.6 Å². The summed E-state index contributed by atoms with van der Waals surface area (Å²) in [6.45, 7) is 3.21. The molecule has 1 fully saturated rings. The molecular weight excluding hydrogens is 447 g/mol. The van der Waals surface area contributed by atoms with E-state index in [1.807, 2.05) is 22.6 Å². The molecule has 24 heavy (non-hydrogen) atoms. The number of nitrogens with one attached hydrogen (secondary N) is 2. The van der Waals surface area contributed by atoms with E-state index in [4.69, 9.17) is 10.1 Å². The fraction of sp³-hybridized carbons (Fsp3) is 0.500. The van der Waals surface area contributed by atoms with Crippen LogP contribution in [0.4, 0.5) is 0 Å². The molecule has 0 saturated carbocycles. The predicted octanol–water partition coefficient (Wildman–Crippen LogP) is 1.16. The van der Waals surface area contributed by atoms with Crippen LogP contribution in [0, 0.1) is 5.41 Å². The fourth-order valence-electron chi connectivity index (χ4n) is 2.37. The molecule has 0 aliphatic carbocycles. The lowest BCUT2D eigenvalue weighted by Crippen LogP contribution is -2.38. The van der Waals surface area contributed by atoms with Crippen LogP contribution in [0.5, 0.6) is 0 Å². The third-order valence-electron chi connectivity index (χ3n) is 3.51. The molecule has 1 saturated heterocycles. The molecule has 132 valence electrons. The second-order valence-electron chi connectivity index (χ2n) is 5.32. The van der Waals surface area contributed by atoms with Gasteiger partial charge in [0.2, 0.25) is 15.0 Å². The van der Waals surface area contributed by atoms with Gasteiger partial charge in [-0.1, -0.05) is 0 Å². The highest BCUT2D eigenvalue weighted by Crippen LogP contribution is 2.26. The van der Waals surface area contributed by atoms with E-state index in [1.165, 1.54) is 6.20 Å². The van der Waals surface area contributed by atoms with Gasteiger partial charge < -0.3 is 15.0 Å². The van der Waals surface area contributed by atoms with E-state index in [9.17, 15) is 13.2 Å². The minimum absolute atomic E-state index is 0.0236. The van der Waals surface area contributed by atoms with Crippen LogP contribution in [0.2, 0.25) is 0 Å².